The van der Waals surface area contributed by atoms with Crippen LogP contribution >= 0.6 is 0 Å². The molecular weight excluding hydrogens is 432 g/mol. The van der Waals surface area contributed by atoms with Crippen LogP contribution in [0, 0.1) is 0 Å². The third-order valence-corrected chi connectivity index (χ3v) is 0.0430. The molecule has 0 unspecified atom stereocenters. The van der Waals surface area contributed by atoms with Gasteiger partial charge in [-0.25, -0.2) is 5.26 Å². The normalized spacial score (nSPS) is 3.00. The summed E-state index contributed by atoms with van der Waals surface area (Å²) in [6.45, 7) is -0.0694. The van der Waals surface area contributed by atoms with Crippen LogP contribution in [-0.4, -0.2) is 150 Å². The topological polar surface area (TPSA) is 46.5 Å². The second-order valence-electron chi connectivity index (χ2n) is 0.202. The van der Waals surface area contributed by atoms with Gasteiger partial charge in [-0.2, -0.15) is 0 Å². The van der Waals surface area contributed by atoms with E-state index in [9.17, 15) is 0 Å². The molecule has 0 aliphatic rings. The summed E-state index contributed by atoms with van der Waals surface area (Å²) in [7, 11) is 0. The van der Waals surface area contributed by atoms with Gasteiger partial charge >= 0.3 is 6.47 Å². The molecule has 0 atom stereocenters. The Morgan fingerprint density at radius 1 is 1.43 bits per heavy atom. The Bertz CT molecular complexity index is 26.9. The first kappa shape index (κ1) is 22.5. The van der Waals surface area contributed by atoms with Gasteiger partial charge in [-0.3, -0.25) is 4.79 Å². The third-order valence-electron chi connectivity index (χ3n) is 0.0430. The molecule has 3 nitrogen and oxygen atoms in total. The SMILES string of the molecule is O=COO.[Cs].[Cs].[Pd]. The van der Waals surface area contributed by atoms with E-state index in [1.165, 1.54) is 0 Å². The van der Waals surface area contributed by atoms with Gasteiger partial charge in [-0.1, -0.05) is 0 Å². The van der Waals surface area contributed by atoms with Crippen LogP contribution in [0.1, 0.15) is 0 Å². The maximum absolute atomic E-state index is 8.70. The molecular formula is CH2Cs2O3Pd. The Morgan fingerprint density at radius 2 is 1.57 bits per heavy atom. The van der Waals surface area contributed by atoms with Crippen molar-refractivity contribution >= 4 is 144 Å². The summed E-state index contributed by atoms with van der Waals surface area (Å²) >= 11 is 0. The molecule has 0 aliphatic carbocycles. The average Bonchev–Trinajstić information content (AvgIpc) is 1.37. The van der Waals surface area contributed by atoms with Crippen molar-refractivity contribution in [2.24, 2.45) is 0 Å². The summed E-state index contributed by atoms with van der Waals surface area (Å²) < 4.78 is 0. The standard InChI is InChI=1S/CH2O3.2Cs.Pd/c2-1-4-3;;;/h1,3H;;;. The van der Waals surface area contributed by atoms with Crippen LogP contribution in [-0.2, 0) is 30.1 Å². The minimum absolute atomic E-state index is 0. The van der Waals surface area contributed by atoms with Gasteiger partial charge in [0.15, 0.2) is 0 Å². The van der Waals surface area contributed by atoms with Crippen molar-refractivity contribution in [3.63, 3.8) is 0 Å². The zero-order valence-corrected chi connectivity index (χ0v) is 18.3. The van der Waals surface area contributed by atoms with Crippen molar-refractivity contribution in [3.05, 3.63) is 0 Å². The molecule has 0 aromatic rings. The van der Waals surface area contributed by atoms with Crippen molar-refractivity contribution in [2.75, 3.05) is 0 Å². The minimum Gasteiger partial charge on any atom is -0.304 e. The Morgan fingerprint density at radius 3 is 1.57 bits per heavy atom. The molecule has 36 valence electrons. The molecule has 0 spiro atoms. The summed E-state index contributed by atoms with van der Waals surface area (Å²) in [6.07, 6.45) is 0. The predicted octanol–water partition coefficient (Wildman–Crippen LogP) is -1.13. The van der Waals surface area contributed by atoms with E-state index in [0.29, 0.717) is 0 Å². The third kappa shape index (κ3) is 25.4. The van der Waals surface area contributed by atoms with Gasteiger partial charge in [-0.05, 0) is 0 Å². The van der Waals surface area contributed by atoms with Crippen LogP contribution < -0.4 is 0 Å². The van der Waals surface area contributed by atoms with Gasteiger partial charge < -0.3 is 4.89 Å². The molecule has 0 aromatic heterocycles. The average molecular weight is 434 g/mol. The van der Waals surface area contributed by atoms with Gasteiger partial charge in [-0.15, -0.1) is 0 Å². The van der Waals surface area contributed by atoms with Gasteiger partial charge in [0.1, 0.15) is 0 Å². The summed E-state index contributed by atoms with van der Waals surface area (Å²) in [5.74, 6) is 0. The number of carbonyl (C=O) groups excluding carboxylic acids is 1. The predicted molar refractivity (Wildman–Crippen MR) is 21.3 cm³/mol. The molecule has 0 heterocycles. The monoisotopic (exact) mass is 434 g/mol. The van der Waals surface area contributed by atoms with Gasteiger partial charge in [0, 0.05) is 158 Å². The molecule has 6 heteroatoms. The van der Waals surface area contributed by atoms with Crippen molar-refractivity contribution in [3.8, 4) is 0 Å². The van der Waals surface area contributed by atoms with Crippen LogP contribution in [0.3, 0.4) is 0 Å². The Balaban J connectivity index is -0.0000000150. The second kappa shape index (κ2) is 22.5. The van der Waals surface area contributed by atoms with Crippen molar-refractivity contribution in [1.29, 1.82) is 0 Å². The summed E-state index contributed by atoms with van der Waals surface area (Å²) in [6, 6.07) is 0. The Hall–Kier alpha value is 4.20. The fraction of sp³-hybridized carbons (Fsp3) is 0. The van der Waals surface area contributed by atoms with E-state index in [-0.39, 0.29) is 165 Å². The van der Waals surface area contributed by atoms with Gasteiger partial charge in [0.2, 0.25) is 0 Å². The maximum atomic E-state index is 8.70. The van der Waals surface area contributed by atoms with Crippen molar-refractivity contribution in [1.82, 2.24) is 0 Å². The molecule has 0 bridgehead atoms. The van der Waals surface area contributed by atoms with Crippen LogP contribution in [0.2, 0.25) is 0 Å². The zero-order chi connectivity index (χ0) is 3.41. The molecule has 0 saturated carbocycles. The van der Waals surface area contributed by atoms with E-state index in [1.54, 1.807) is 0 Å². The van der Waals surface area contributed by atoms with E-state index >= 15 is 0 Å². The number of rotatable bonds is 1. The molecule has 0 aliphatic heterocycles. The molecule has 7 heavy (non-hydrogen) atoms. The first-order valence-corrected chi connectivity index (χ1v) is 0.654. The fourth-order valence-electron chi connectivity index (χ4n) is 0. The van der Waals surface area contributed by atoms with Crippen molar-refractivity contribution < 1.29 is 35.4 Å². The first-order chi connectivity index (χ1) is 1.91. The van der Waals surface area contributed by atoms with Crippen LogP contribution in [0.25, 0.3) is 0 Å². The van der Waals surface area contributed by atoms with Crippen LogP contribution in [0.15, 0.2) is 0 Å². The van der Waals surface area contributed by atoms with Crippen LogP contribution in [0.5, 0.6) is 0 Å². The Labute approximate surface area is 173 Å². The van der Waals surface area contributed by atoms with Crippen molar-refractivity contribution in [2.45, 2.75) is 0 Å². The van der Waals surface area contributed by atoms with E-state index in [1.807, 2.05) is 0 Å². The number of hydrogen-bond donors (Lipinski definition) is 1. The Kier molecular flexibility index (Phi) is 72.1. The molecule has 1 N–H and O–H groups in total. The quantitative estimate of drug-likeness (QED) is 0.246. The maximum Gasteiger partial charge on any atom is 0.330 e. The van der Waals surface area contributed by atoms with E-state index in [2.05, 4.69) is 4.89 Å². The van der Waals surface area contributed by atoms with E-state index < -0.39 is 0 Å². The molecule has 0 aromatic carbocycles. The molecule has 0 amide bonds. The second-order valence-corrected chi connectivity index (χ2v) is 0.202. The number of hydrogen-bond acceptors (Lipinski definition) is 3. The fourth-order valence-corrected chi connectivity index (χ4v) is 0. The zero-order valence-electron chi connectivity index (χ0n) is 4.16. The van der Waals surface area contributed by atoms with Crippen LogP contribution in [0.4, 0.5) is 0 Å². The summed E-state index contributed by atoms with van der Waals surface area (Å²) in [5, 5.41) is 7.01. The largest absolute Gasteiger partial charge is 0.330 e. The molecule has 0 fully saturated rings. The van der Waals surface area contributed by atoms with E-state index in [4.69, 9.17) is 10.1 Å². The van der Waals surface area contributed by atoms with Gasteiger partial charge in [0.25, 0.3) is 0 Å². The van der Waals surface area contributed by atoms with Gasteiger partial charge in [0.05, 0.1) is 0 Å². The molecule has 0 saturated heterocycles. The minimum atomic E-state index is -0.0694. The number of carbonyl (C=O) groups is 1. The summed E-state index contributed by atoms with van der Waals surface area (Å²) in [5.41, 5.74) is 0. The molecule has 0 rings (SSSR count). The molecule has 2 radical (unpaired) electrons. The van der Waals surface area contributed by atoms with E-state index in [0.717, 1.165) is 0 Å². The summed E-state index contributed by atoms with van der Waals surface area (Å²) in [4.78, 5) is 11.6. The smallest absolute Gasteiger partial charge is 0.304 e. The first-order valence-electron chi connectivity index (χ1n) is 0.654.